The molecule has 2 aliphatic heterocycles. The van der Waals surface area contributed by atoms with Gasteiger partial charge < -0.3 is 4.90 Å². The van der Waals surface area contributed by atoms with Crippen molar-refractivity contribution in [3.63, 3.8) is 0 Å². The Kier molecular flexibility index (Phi) is 5.11. The van der Waals surface area contributed by atoms with Crippen molar-refractivity contribution in [2.75, 3.05) is 31.1 Å². The SMILES string of the molecule is CCCCN1CCN(C(=O)c2cc(F)ccc2F)[C@@H]2CS(=O)(=O)C[C@@H]21. The third-order valence-corrected chi connectivity index (χ3v) is 6.71. The maximum absolute atomic E-state index is 14.0. The molecule has 0 aromatic heterocycles. The second-order valence-corrected chi connectivity index (χ2v) is 8.88. The molecule has 0 radical (unpaired) electrons. The largest absolute Gasteiger partial charge is 0.332 e. The molecule has 0 N–H and O–H groups in total. The first kappa shape index (κ1) is 18.3. The van der Waals surface area contributed by atoms with Gasteiger partial charge in [0, 0.05) is 19.1 Å². The van der Waals surface area contributed by atoms with Gasteiger partial charge in [0.15, 0.2) is 9.84 Å². The molecule has 0 bridgehead atoms. The standard InChI is InChI=1S/C17H22F2N2O3S/c1-2-3-6-20-7-8-21(16-11-25(23,24)10-15(16)20)17(22)13-9-12(18)4-5-14(13)19/h4-5,9,15-16H,2-3,6-8,10-11H2,1H3/t15-,16+/m0/s1. The number of hydrogen-bond donors (Lipinski definition) is 0. The van der Waals surface area contributed by atoms with Crippen molar-refractivity contribution in [1.82, 2.24) is 9.80 Å². The highest BCUT2D eigenvalue weighted by Crippen LogP contribution is 2.29. The molecule has 1 aromatic carbocycles. The summed E-state index contributed by atoms with van der Waals surface area (Å²) in [6.07, 6.45) is 1.95. The highest BCUT2D eigenvalue weighted by molar-refractivity contribution is 7.91. The van der Waals surface area contributed by atoms with Crippen LogP contribution in [0.15, 0.2) is 18.2 Å². The second-order valence-electron chi connectivity index (χ2n) is 6.72. The van der Waals surface area contributed by atoms with Gasteiger partial charge in [-0.25, -0.2) is 17.2 Å². The number of rotatable bonds is 4. The van der Waals surface area contributed by atoms with E-state index in [0.29, 0.717) is 13.1 Å². The minimum Gasteiger partial charge on any atom is -0.332 e. The van der Waals surface area contributed by atoms with Crippen LogP contribution in [0.25, 0.3) is 0 Å². The van der Waals surface area contributed by atoms with Gasteiger partial charge in [-0.15, -0.1) is 0 Å². The van der Waals surface area contributed by atoms with E-state index >= 15 is 0 Å². The van der Waals surface area contributed by atoms with Gasteiger partial charge in [0.2, 0.25) is 0 Å². The number of fused-ring (bicyclic) bond motifs is 1. The van der Waals surface area contributed by atoms with Crippen molar-refractivity contribution in [3.05, 3.63) is 35.4 Å². The van der Waals surface area contributed by atoms with Crippen molar-refractivity contribution in [1.29, 1.82) is 0 Å². The van der Waals surface area contributed by atoms with Crippen molar-refractivity contribution in [2.24, 2.45) is 0 Å². The molecular formula is C17H22F2N2O3S. The number of piperazine rings is 1. The van der Waals surface area contributed by atoms with E-state index in [1.165, 1.54) is 4.90 Å². The Bertz CT molecular complexity index is 769. The van der Waals surface area contributed by atoms with Crippen LogP contribution in [0.5, 0.6) is 0 Å². The summed E-state index contributed by atoms with van der Waals surface area (Å²) in [5, 5.41) is 0. The summed E-state index contributed by atoms with van der Waals surface area (Å²) in [5.74, 6) is -2.24. The molecule has 0 aliphatic carbocycles. The lowest BCUT2D eigenvalue weighted by Gasteiger charge is -2.44. The summed E-state index contributed by atoms with van der Waals surface area (Å²) < 4.78 is 51.7. The van der Waals surface area contributed by atoms with Crippen LogP contribution in [0.4, 0.5) is 8.78 Å². The number of amides is 1. The van der Waals surface area contributed by atoms with E-state index in [2.05, 4.69) is 11.8 Å². The third-order valence-electron chi connectivity index (χ3n) is 5.01. The lowest BCUT2D eigenvalue weighted by molar-refractivity contribution is 0.0324. The molecule has 5 nitrogen and oxygen atoms in total. The second kappa shape index (κ2) is 6.99. The summed E-state index contributed by atoms with van der Waals surface area (Å²) in [6.45, 7) is 3.70. The Balaban J connectivity index is 1.87. The number of sulfone groups is 1. The van der Waals surface area contributed by atoms with Crippen molar-refractivity contribution < 1.29 is 22.0 Å². The molecule has 3 rings (SSSR count). The molecule has 1 aromatic rings. The van der Waals surface area contributed by atoms with E-state index in [4.69, 9.17) is 0 Å². The van der Waals surface area contributed by atoms with Crippen LogP contribution in [0, 0.1) is 11.6 Å². The molecule has 2 aliphatic rings. The maximum atomic E-state index is 14.0. The molecule has 0 unspecified atom stereocenters. The van der Waals surface area contributed by atoms with Gasteiger partial charge in [-0.05, 0) is 31.2 Å². The summed E-state index contributed by atoms with van der Waals surface area (Å²) in [5.41, 5.74) is -0.343. The maximum Gasteiger partial charge on any atom is 0.257 e. The van der Waals surface area contributed by atoms with Gasteiger partial charge in [-0.3, -0.25) is 9.69 Å². The highest BCUT2D eigenvalue weighted by atomic mass is 32.2. The summed E-state index contributed by atoms with van der Waals surface area (Å²) in [4.78, 5) is 16.3. The zero-order chi connectivity index (χ0) is 18.2. The number of carbonyl (C=O) groups is 1. The lowest BCUT2D eigenvalue weighted by Crippen LogP contribution is -2.60. The van der Waals surface area contributed by atoms with E-state index in [9.17, 15) is 22.0 Å². The zero-order valence-electron chi connectivity index (χ0n) is 14.1. The topological polar surface area (TPSA) is 57.7 Å². The Morgan fingerprint density at radius 3 is 2.64 bits per heavy atom. The fraction of sp³-hybridized carbons (Fsp3) is 0.588. The van der Waals surface area contributed by atoms with Gasteiger partial charge in [0.25, 0.3) is 5.91 Å². The molecule has 0 spiro atoms. The minimum absolute atomic E-state index is 0.0107. The van der Waals surface area contributed by atoms with Gasteiger partial charge in [-0.2, -0.15) is 0 Å². The van der Waals surface area contributed by atoms with Crippen molar-refractivity contribution >= 4 is 15.7 Å². The Morgan fingerprint density at radius 1 is 1.20 bits per heavy atom. The number of nitrogens with zero attached hydrogens (tertiary/aromatic N) is 2. The normalized spacial score (nSPS) is 25.8. The number of hydrogen-bond acceptors (Lipinski definition) is 4. The Morgan fingerprint density at radius 2 is 1.92 bits per heavy atom. The molecule has 0 saturated carbocycles. The number of carbonyl (C=O) groups excluding carboxylic acids is 1. The number of halogens is 2. The van der Waals surface area contributed by atoms with E-state index in [1.807, 2.05) is 0 Å². The number of benzene rings is 1. The Labute approximate surface area is 146 Å². The van der Waals surface area contributed by atoms with E-state index < -0.39 is 33.4 Å². The van der Waals surface area contributed by atoms with Gasteiger partial charge in [0.05, 0.1) is 23.1 Å². The van der Waals surface area contributed by atoms with Crippen LogP contribution < -0.4 is 0 Å². The summed E-state index contributed by atoms with van der Waals surface area (Å²) >= 11 is 0. The number of unbranched alkanes of at least 4 members (excludes halogenated alkanes) is 1. The van der Waals surface area contributed by atoms with Crippen molar-refractivity contribution in [3.8, 4) is 0 Å². The molecule has 138 valence electrons. The molecule has 25 heavy (non-hydrogen) atoms. The zero-order valence-corrected chi connectivity index (χ0v) is 14.9. The van der Waals surface area contributed by atoms with Gasteiger partial charge in [-0.1, -0.05) is 13.3 Å². The molecule has 2 atom stereocenters. The molecule has 8 heteroatoms. The molecule has 2 fully saturated rings. The van der Waals surface area contributed by atoms with Crippen LogP contribution >= 0.6 is 0 Å². The Hall–Kier alpha value is -1.54. The average Bonchev–Trinajstić information content (AvgIpc) is 2.89. The highest BCUT2D eigenvalue weighted by Gasteiger charge is 2.48. The summed E-state index contributed by atoms with van der Waals surface area (Å²) in [7, 11) is -3.26. The predicted octanol–water partition coefficient (Wildman–Crippen LogP) is 1.69. The van der Waals surface area contributed by atoms with Crippen LogP contribution in [-0.4, -0.2) is 67.3 Å². The van der Waals surface area contributed by atoms with Gasteiger partial charge in [0.1, 0.15) is 11.6 Å². The van der Waals surface area contributed by atoms with E-state index in [1.54, 1.807) is 0 Å². The molecule has 1 amide bonds. The van der Waals surface area contributed by atoms with Crippen LogP contribution in [0.1, 0.15) is 30.1 Å². The van der Waals surface area contributed by atoms with E-state index in [0.717, 1.165) is 37.6 Å². The van der Waals surface area contributed by atoms with Gasteiger partial charge >= 0.3 is 0 Å². The first-order chi connectivity index (χ1) is 11.8. The predicted molar refractivity (Wildman–Crippen MR) is 90.1 cm³/mol. The first-order valence-corrected chi connectivity index (χ1v) is 10.3. The molecular weight excluding hydrogens is 350 g/mol. The fourth-order valence-electron chi connectivity index (χ4n) is 3.73. The lowest BCUT2D eigenvalue weighted by atomic mass is 10.0. The third kappa shape index (κ3) is 3.69. The average molecular weight is 372 g/mol. The summed E-state index contributed by atoms with van der Waals surface area (Å²) in [6, 6.07) is 1.97. The van der Waals surface area contributed by atoms with E-state index in [-0.39, 0.29) is 23.1 Å². The van der Waals surface area contributed by atoms with Crippen molar-refractivity contribution in [2.45, 2.75) is 31.8 Å². The molecule has 2 saturated heterocycles. The smallest absolute Gasteiger partial charge is 0.257 e. The first-order valence-electron chi connectivity index (χ1n) is 8.53. The fourth-order valence-corrected chi connectivity index (χ4v) is 5.74. The van der Waals surface area contributed by atoms with Crippen LogP contribution in [0.2, 0.25) is 0 Å². The minimum atomic E-state index is -3.26. The van der Waals surface area contributed by atoms with Crippen LogP contribution in [0.3, 0.4) is 0 Å². The monoisotopic (exact) mass is 372 g/mol. The quantitative estimate of drug-likeness (QED) is 0.807. The molecule has 2 heterocycles. The van der Waals surface area contributed by atoms with Crippen LogP contribution in [-0.2, 0) is 9.84 Å².